The fourth-order valence-electron chi connectivity index (χ4n) is 3.17. The van der Waals surface area contributed by atoms with Gasteiger partial charge in [-0.25, -0.2) is 0 Å². The second-order valence-corrected chi connectivity index (χ2v) is 8.37. The van der Waals surface area contributed by atoms with Crippen LogP contribution in [0.4, 0.5) is 0 Å². The van der Waals surface area contributed by atoms with Crippen molar-refractivity contribution in [3.63, 3.8) is 0 Å². The fourth-order valence-corrected chi connectivity index (χ4v) is 3.77. The molecule has 0 radical (unpaired) electrons. The Bertz CT molecular complexity index is 838. The van der Waals surface area contributed by atoms with Crippen molar-refractivity contribution in [1.82, 2.24) is 0 Å². The Kier molecular flexibility index (Phi) is 12.7. The summed E-state index contributed by atoms with van der Waals surface area (Å²) in [6, 6.07) is 11.6. The summed E-state index contributed by atoms with van der Waals surface area (Å²) in [5.41, 5.74) is 0.296. The molecule has 0 amide bonds. The zero-order valence-corrected chi connectivity index (χ0v) is 21.3. The molecule has 29 heavy (non-hydrogen) atoms. The van der Waals surface area contributed by atoms with Crippen molar-refractivity contribution in [2.45, 2.75) is 69.6 Å². The van der Waals surface area contributed by atoms with Gasteiger partial charge in [-0.2, -0.15) is 8.42 Å². The van der Waals surface area contributed by atoms with E-state index in [4.69, 9.17) is 4.74 Å². The van der Waals surface area contributed by atoms with Gasteiger partial charge in [0, 0.05) is 0 Å². The molecule has 0 unspecified atom stereocenters. The van der Waals surface area contributed by atoms with Crippen molar-refractivity contribution < 1.29 is 74.2 Å². The SMILES string of the molecule is CCCCCCCCCCc1c(Oc2ccccc2)ccc(S(=O)(=O)O)c1[O-].[K+]. The van der Waals surface area contributed by atoms with Crippen LogP contribution in [0.15, 0.2) is 47.4 Å². The van der Waals surface area contributed by atoms with Crippen molar-refractivity contribution in [2.24, 2.45) is 0 Å². The van der Waals surface area contributed by atoms with Crippen LogP contribution < -0.4 is 61.2 Å². The van der Waals surface area contributed by atoms with Gasteiger partial charge in [-0.3, -0.25) is 4.55 Å². The molecule has 0 saturated carbocycles. The summed E-state index contributed by atoms with van der Waals surface area (Å²) >= 11 is 0. The Morgan fingerprint density at radius 2 is 1.48 bits per heavy atom. The molecule has 2 rings (SSSR count). The summed E-state index contributed by atoms with van der Waals surface area (Å²) in [7, 11) is -4.56. The molecule has 0 bridgehead atoms. The van der Waals surface area contributed by atoms with Gasteiger partial charge in [0.25, 0.3) is 10.1 Å². The van der Waals surface area contributed by atoms with E-state index in [1.54, 1.807) is 12.1 Å². The van der Waals surface area contributed by atoms with E-state index in [9.17, 15) is 18.1 Å². The Labute approximate surface area is 217 Å². The van der Waals surface area contributed by atoms with Gasteiger partial charge < -0.3 is 9.84 Å². The van der Waals surface area contributed by atoms with E-state index in [0.29, 0.717) is 23.5 Å². The summed E-state index contributed by atoms with van der Waals surface area (Å²) in [5, 5.41) is 12.6. The molecule has 1 N–H and O–H groups in total. The minimum absolute atomic E-state index is 0. The van der Waals surface area contributed by atoms with E-state index in [-0.39, 0.29) is 51.4 Å². The van der Waals surface area contributed by atoms with Gasteiger partial charge in [-0.1, -0.05) is 75.8 Å². The van der Waals surface area contributed by atoms with E-state index in [1.165, 1.54) is 38.2 Å². The summed E-state index contributed by atoms with van der Waals surface area (Å²) in [6.45, 7) is 2.19. The second kappa shape index (κ2) is 13.8. The maximum atomic E-state index is 12.6. The third-order valence-electron chi connectivity index (χ3n) is 4.71. The van der Waals surface area contributed by atoms with Crippen LogP contribution in [0.2, 0.25) is 0 Å². The second-order valence-electron chi connectivity index (χ2n) is 6.98. The number of unbranched alkanes of at least 4 members (excludes halogenated alkanes) is 7. The molecule has 7 heteroatoms. The van der Waals surface area contributed by atoms with E-state index >= 15 is 0 Å². The minimum atomic E-state index is -4.56. The Morgan fingerprint density at radius 1 is 0.897 bits per heavy atom. The molecule has 0 aliphatic heterocycles. The van der Waals surface area contributed by atoms with Crippen LogP contribution in [-0.2, 0) is 16.5 Å². The van der Waals surface area contributed by atoms with Crippen LogP contribution >= 0.6 is 0 Å². The first-order valence-corrected chi connectivity index (χ1v) is 11.4. The maximum absolute atomic E-state index is 12.6. The number of hydrogen-bond acceptors (Lipinski definition) is 4. The molecule has 0 atom stereocenters. The summed E-state index contributed by atoms with van der Waals surface area (Å²) < 4.78 is 38.1. The van der Waals surface area contributed by atoms with Crippen LogP contribution in [0, 0.1) is 0 Å². The van der Waals surface area contributed by atoms with Crippen molar-refractivity contribution in [2.75, 3.05) is 0 Å². The third-order valence-corrected chi connectivity index (χ3v) is 5.59. The van der Waals surface area contributed by atoms with Gasteiger partial charge in [-0.05, 0) is 42.7 Å². The van der Waals surface area contributed by atoms with Crippen LogP contribution in [0.1, 0.15) is 63.9 Å². The zero-order valence-electron chi connectivity index (χ0n) is 17.4. The minimum Gasteiger partial charge on any atom is -0.871 e. The number of hydrogen-bond donors (Lipinski definition) is 1. The van der Waals surface area contributed by atoms with Crippen molar-refractivity contribution in [3.8, 4) is 17.2 Å². The van der Waals surface area contributed by atoms with Crippen molar-refractivity contribution in [1.29, 1.82) is 0 Å². The molecule has 0 heterocycles. The Balaban J connectivity index is 0.00000420. The Hall–Kier alpha value is -0.414. The van der Waals surface area contributed by atoms with E-state index in [0.717, 1.165) is 25.3 Å². The first-order valence-electron chi connectivity index (χ1n) is 9.96. The molecule has 2 aromatic rings. The fraction of sp³-hybridized carbons (Fsp3) is 0.455. The first kappa shape index (κ1) is 26.6. The van der Waals surface area contributed by atoms with Gasteiger partial charge in [0.1, 0.15) is 11.5 Å². The van der Waals surface area contributed by atoms with Crippen LogP contribution in [0.5, 0.6) is 17.2 Å². The summed E-state index contributed by atoms with van der Waals surface area (Å²) in [5.74, 6) is 0.226. The largest absolute Gasteiger partial charge is 1.00 e. The van der Waals surface area contributed by atoms with Crippen LogP contribution in [0.3, 0.4) is 0 Å². The van der Waals surface area contributed by atoms with Gasteiger partial charge in [0.2, 0.25) is 0 Å². The topological polar surface area (TPSA) is 86.7 Å². The van der Waals surface area contributed by atoms with Gasteiger partial charge in [-0.15, -0.1) is 0 Å². The van der Waals surface area contributed by atoms with Gasteiger partial charge >= 0.3 is 51.4 Å². The molecule has 0 aromatic heterocycles. The van der Waals surface area contributed by atoms with Crippen molar-refractivity contribution >= 4 is 10.1 Å². The maximum Gasteiger partial charge on any atom is 1.00 e. The third kappa shape index (κ3) is 9.08. The number of benzene rings is 2. The average molecular weight is 445 g/mol. The molecular weight excluding hydrogens is 415 g/mol. The summed E-state index contributed by atoms with van der Waals surface area (Å²) in [4.78, 5) is -0.595. The monoisotopic (exact) mass is 444 g/mol. The molecule has 0 spiro atoms. The molecule has 5 nitrogen and oxygen atoms in total. The zero-order chi connectivity index (χ0) is 20.4. The normalized spacial score (nSPS) is 11.1. The number of para-hydroxylation sites is 1. The van der Waals surface area contributed by atoms with Gasteiger partial charge in [0.05, 0.1) is 4.90 Å². The van der Waals surface area contributed by atoms with Crippen LogP contribution in [0.25, 0.3) is 0 Å². The molecule has 0 aliphatic rings. The molecule has 2 aromatic carbocycles. The molecule has 0 saturated heterocycles. The number of rotatable bonds is 12. The standard InChI is InChI=1S/C22H30O5S.K/c1-2-3-4-5-6-7-8-12-15-19-20(27-18-13-10-9-11-14-18)16-17-21(22(19)23)28(24,25)26;/h9-11,13-14,16-17,23H,2-8,12,15H2,1H3,(H,24,25,26);/q;+1/p-1. The van der Waals surface area contributed by atoms with Crippen LogP contribution in [-0.4, -0.2) is 13.0 Å². The average Bonchev–Trinajstić information content (AvgIpc) is 2.65. The smallest absolute Gasteiger partial charge is 0.871 e. The predicted octanol–water partition coefficient (Wildman–Crippen LogP) is 2.49. The van der Waals surface area contributed by atoms with E-state index in [1.807, 2.05) is 18.2 Å². The van der Waals surface area contributed by atoms with E-state index < -0.39 is 20.8 Å². The molecule has 154 valence electrons. The van der Waals surface area contributed by atoms with Gasteiger partial charge in [0.15, 0.2) is 0 Å². The number of ether oxygens (including phenoxy) is 1. The van der Waals surface area contributed by atoms with E-state index in [2.05, 4.69) is 6.92 Å². The molecular formula is C22H29KO5S. The quantitative estimate of drug-likeness (QED) is 0.309. The summed E-state index contributed by atoms with van der Waals surface area (Å²) in [6.07, 6.45) is 9.37. The van der Waals surface area contributed by atoms with Crippen molar-refractivity contribution in [3.05, 3.63) is 48.0 Å². The Morgan fingerprint density at radius 3 is 2.07 bits per heavy atom. The molecule has 0 aliphatic carbocycles. The predicted molar refractivity (Wildman–Crippen MR) is 109 cm³/mol. The molecule has 0 fully saturated rings. The first-order chi connectivity index (χ1) is 13.4.